The first-order valence-corrected chi connectivity index (χ1v) is 12.2. The fourth-order valence-corrected chi connectivity index (χ4v) is 4.88. The number of rotatable bonds is 8. The zero-order valence-electron chi connectivity index (χ0n) is 18.7. The van der Waals surface area contributed by atoms with E-state index in [-0.39, 0.29) is 23.3 Å². The average Bonchev–Trinajstić information content (AvgIpc) is 3.63. The Morgan fingerprint density at radius 3 is 2.71 bits per heavy atom. The number of furan rings is 2. The molecule has 4 heterocycles. The van der Waals surface area contributed by atoms with Crippen molar-refractivity contribution in [2.24, 2.45) is 5.10 Å². The van der Waals surface area contributed by atoms with Crippen molar-refractivity contribution in [1.29, 1.82) is 0 Å². The number of carbonyl (C=O) groups is 1. The van der Waals surface area contributed by atoms with Gasteiger partial charge >= 0.3 is 0 Å². The Bertz CT molecular complexity index is 1380. The number of thioether (sulfide) groups is 1. The van der Waals surface area contributed by atoms with Crippen LogP contribution in [0.25, 0.3) is 10.9 Å². The van der Waals surface area contributed by atoms with Gasteiger partial charge in [-0.3, -0.25) is 14.2 Å². The van der Waals surface area contributed by atoms with E-state index in [9.17, 15) is 9.59 Å². The third-order valence-electron chi connectivity index (χ3n) is 5.73. The summed E-state index contributed by atoms with van der Waals surface area (Å²) in [6.07, 6.45) is 5.47. The Morgan fingerprint density at radius 2 is 1.94 bits per heavy atom. The molecule has 1 unspecified atom stereocenters. The topological polar surface area (TPSA) is 93.8 Å². The molecule has 0 radical (unpaired) electrons. The number of benzene rings is 1. The van der Waals surface area contributed by atoms with Crippen molar-refractivity contribution < 1.29 is 13.6 Å². The SMILES string of the molecule is CCCCn1c(SCC(=O)N2N=C(c3ccco3)CC2c2ccco2)nc2ccccc2c1=O. The molecule has 0 saturated carbocycles. The first-order valence-electron chi connectivity index (χ1n) is 11.2. The van der Waals surface area contributed by atoms with Crippen molar-refractivity contribution in [2.75, 3.05) is 5.75 Å². The molecule has 0 N–H and O–H groups in total. The van der Waals surface area contributed by atoms with Crippen LogP contribution in [0.3, 0.4) is 0 Å². The van der Waals surface area contributed by atoms with Crippen molar-refractivity contribution in [3.8, 4) is 0 Å². The number of nitrogens with zero attached hydrogens (tertiary/aromatic N) is 4. The van der Waals surface area contributed by atoms with E-state index < -0.39 is 0 Å². The van der Waals surface area contributed by atoms with E-state index in [1.54, 1.807) is 35.3 Å². The highest BCUT2D eigenvalue weighted by Gasteiger charge is 2.35. The summed E-state index contributed by atoms with van der Waals surface area (Å²) in [5.41, 5.74) is 1.23. The van der Waals surface area contributed by atoms with Gasteiger partial charge in [0.05, 0.1) is 29.2 Å². The Balaban J connectivity index is 1.42. The molecule has 174 valence electrons. The molecule has 1 atom stereocenters. The normalized spacial score (nSPS) is 15.7. The quantitative estimate of drug-likeness (QED) is 0.266. The molecule has 0 aliphatic carbocycles. The second-order valence-corrected chi connectivity index (χ2v) is 8.95. The third-order valence-corrected chi connectivity index (χ3v) is 6.69. The molecule has 0 fully saturated rings. The van der Waals surface area contributed by atoms with Crippen molar-refractivity contribution in [2.45, 2.75) is 43.9 Å². The lowest BCUT2D eigenvalue weighted by Crippen LogP contribution is -2.29. The van der Waals surface area contributed by atoms with Gasteiger partial charge in [-0.05, 0) is 42.8 Å². The Hall–Kier alpha value is -3.59. The van der Waals surface area contributed by atoms with E-state index in [0.717, 1.165) is 12.8 Å². The van der Waals surface area contributed by atoms with Gasteiger partial charge in [0.1, 0.15) is 23.3 Å². The van der Waals surface area contributed by atoms with Crippen LogP contribution >= 0.6 is 11.8 Å². The zero-order valence-corrected chi connectivity index (χ0v) is 19.5. The summed E-state index contributed by atoms with van der Waals surface area (Å²) in [6.45, 7) is 2.63. The molecule has 34 heavy (non-hydrogen) atoms. The summed E-state index contributed by atoms with van der Waals surface area (Å²) < 4.78 is 12.8. The number of unbranched alkanes of at least 4 members (excludes halogenated alkanes) is 1. The number of aromatic nitrogens is 2. The van der Waals surface area contributed by atoms with E-state index in [2.05, 4.69) is 12.0 Å². The maximum absolute atomic E-state index is 13.3. The fourth-order valence-electron chi connectivity index (χ4n) is 4.00. The molecule has 1 aliphatic rings. The predicted molar refractivity (Wildman–Crippen MR) is 130 cm³/mol. The monoisotopic (exact) mass is 476 g/mol. The van der Waals surface area contributed by atoms with Gasteiger partial charge in [-0.15, -0.1) is 0 Å². The summed E-state index contributed by atoms with van der Waals surface area (Å²) in [6, 6.07) is 14.2. The zero-order chi connectivity index (χ0) is 23.5. The number of carbonyl (C=O) groups excluding carboxylic acids is 1. The Labute approximate surface area is 200 Å². The van der Waals surface area contributed by atoms with Crippen molar-refractivity contribution >= 4 is 34.3 Å². The number of hydrogen-bond donors (Lipinski definition) is 0. The molecule has 9 heteroatoms. The standard InChI is InChI=1S/C25H24N4O4S/c1-2-3-12-28-24(31)17-8-4-5-9-18(17)26-25(28)34-16-23(30)29-20(22-11-7-14-33-22)15-19(27-29)21-10-6-13-32-21/h4-11,13-14,20H,2-3,12,15-16H2,1H3. The van der Waals surface area contributed by atoms with Crippen LogP contribution in [0, 0.1) is 0 Å². The predicted octanol–water partition coefficient (Wildman–Crippen LogP) is 4.85. The molecule has 8 nitrogen and oxygen atoms in total. The minimum atomic E-state index is -0.352. The third kappa shape index (κ3) is 4.31. The lowest BCUT2D eigenvalue weighted by atomic mass is 10.1. The molecular formula is C25H24N4O4S. The average molecular weight is 477 g/mol. The molecule has 0 bridgehead atoms. The van der Waals surface area contributed by atoms with Gasteiger partial charge < -0.3 is 8.83 Å². The van der Waals surface area contributed by atoms with Crippen LogP contribution in [0.5, 0.6) is 0 Å². The summed E-state index contributed by atoms with van der Waals surface area (Å²) in [7, 11) is 0. The van der Waals surface area contributed by atoms with Gasteiger partial charge in [0, 0.05) is 13.0 Å². The fraction of sp³-hybridized carbons (Fsp3) is 0.280. The van der Waals surface area contributed by atoms with Crippen LogP contribution in [0.1, 0.15) is 43.7 Å². The smallest absolute Gasteiger partial charge is 0.262 e. The van der Waals surface area contributed by atoms with Crippen LogP contribution < -0.4 is 5.56 Å². The van der Waals surface area contributed by atoms with Gasteiger partial charge in [0.25, 0.3) is 11.5 Å². The number of para-hydroxylation sites is 1. The molecule has 0 saturated heterocycles. The van der Waals surface area contributed by atoms with E-state index in [1.165, 1.54) is 16.8 Å². The van der Waals surface area contributed by atoms with Crippen molar-refractivity contribution in [3.63, 3.8) is 0 Å². The summed E-state index contributed by atoms with van der Waals surface area (Å²) in [5, 5.41) is 7.14. The highest BCUT2D eigenvalue weighted by atomic mass is 32.2. The number of hydrogen-bond acceptors (Lipinski definition) is 7. The van der Waals surface area contributed by atoms with E-state index >= 15 is 0 Å². The minimum absolute atomic E-state index is 0.0817. The van der Waals surface area contributed by atoms with Crippen LogP contribution in [-0.2, 0) is 11.3 Å². The lowest BCUT2D eigenvalue weighted by Gasteiger charge is -2.20. The molecule has 1 aliphatic heterocycles. The van der Waals surface area contributed by atoms with Gasteiger partial charge in [-0.25, -0.2) is 9.99 Å². The van der Waals surface area contributed by atoms with Crippen LogP contribution in [-0.4, -0.2) is 31.9 Å². The minimum Gasteiger partial charge on any atom is -0.467 e. The second-order valence-electron chi connectivity index (χ2n) is 8.01. The van der Waals surface area contributed by atoms with Crippen molar-refractivity contribution in [1.82, 2.24) is 14.6 Å². The molecule has 0 spiro atoms. The second kappa shape index (κ2) is 9.72. The molecule has 1 amide bonds. The number of amides is 1. The number of fused-ring (bicyclic) bond motifs is 1. The maximum Gasteiger partial charge on any atom is 0.262 e. The van der Waals surface area contributed by atoms with Gasteiger partial charge in [0.2, 0.25) is 0 Å². The van der Waals surface area contributed by atoms with E-state index in [1.807, 2.05) is 30.3 Å². The summed E-state index contributed by atoms with van der Waals surface area (Å²) >= 11 is 1.26. The first kappa shape index (κ1) is 22.2. The highest BCUT2D eigenvalue weighted by Crippen LogP contribution is 2.34. The molecule has 5 rings (SSSR count). The van der Waals surface area contributed by atoms with Gasteiger partial charge in [-0.1, -0.05) is 37.2 Å². The molecule has 3 aromatic heterocycles. The number of hydrazone groups is 1. The van der Waals surface area contributed by atoms with Crippen LogP contribution in [0.4, 0.5) is 0 Å². The van der Waals surface area contributed by atoms with Gasteiger partial charge in [-0.2, -0.15) is 5.10 Å². The largest absolute Gasteiger partial charge is 0.467 e. The van der Waals surface area contributed by atoms with Gasteiger partial charge in [0.15, 0.2) is 5.16 Å². The van der Waals surface area contributed by atoms with E-state index in [4.69, 9.17) is 13.8 Å². The summed E-state index contributed by atoms with van der Waals surface area (Å²) in [5.74, 6) is 1.18. The Morgan fingerprint density at radius 1 is 1.12 bits per heavy atom. The molecule has 4 aromatic rings. The highest BCUT2D eigenvalue weighted by molar-refractivity contribution is 7.99. The summed E-state index contributed by atoms with van der Waals surface area (Å²) in [4.78, 5) is 31.1. The van der Waals surface area contributed by atoms with Crippen molar-refractivity contribution in [3.05, 3.63) is 82.9 Å². The molecule has 1 aromatic carbocycles. The van der Waals surface area contributed by atoms with E-state index in [0.29, 0.717) is 46.3 Å². The van der Waals surface area contributed by atoms with Crippen LogP contribution in [0.15, 0.2) is 84.9 Å². The first-order chi connectivity index (χ1) is 16.7. The Kier molecular flexibility index (Phi) is 6.35. The maximum atomic E-state index is 13.3. The lowest BCUT2D eigenvalue weighted by molar-refractivity contribution is -0.130. The molecular weight excluding hydrogens is 452 g/mol. The van der Waals surface area contributed by atoms with Crippen LogP contribution in [0.2, 0.25) is 0 Å².